The molecule has 1 aliphatic heterocycles. The summed E-state index contributed by atoms with van der Waals surface area (Å²) < 4.78 is 15.2. The first kappa shape index (κ1) is 23.3. The first-order valence-corrected chi connectivity index (χ1v) is 13.3. The zero-order chi connectivity index (χ0) is 26.1. The average molecular weight is 495 g/mol. The minimum Gasteiger partial charge on any atom is -0.399 e. The molecule has 1 aliphatic rings. The van der Waals surface area contributed by atoms with Crippen molar-refractivity contribution in [2.75, 3.05) is 0 Å². The Morgan fingerprint density at radius 1 is 0.579 bits per heavy atom. The van der Waals surface area contributed by atoms with Crippen LogP contribution in [0.25, 0.3) is 49.4 Å². The lowest BCUT2D eigenvalue weighted by atomic mass is 9.74. The van der Waals surface area contributed by atoms with Crippen molar-refractivity contribution < 1.29 is 9.31 Å². The van der Waals surface area contributed by atoms with Gasteiger partial charge in [-0.15, -0.1) is 0 Å². The Balaban J connectivity index is 1.37. The summed E-state index contributed by atoms with van der Waals surface area (Å²) in [5.41, 5.74) is 6.17. The molecule has 1 fully saturated rings. The number of rotatable bonds is 3. The number of nitrogens with zero attached hydrogens (tertiary/aromatic N) is 1. The molecule has 0 saturated carbocycles. The van der Waals surface area contributed by atoms with Gasteiger partial charge in [-0.25, -0.2) is 0 Å². The van der Waals surface area contributed by atoms with Crippen LogP contribution in [0.4, 0.5) is 0 Å². The Morgan fingerprint density at radius 3 is 1.97 bits per heavy atom. The first-order valence-electron chi connectivity index (χ1n) is 13.3. The van der Waals surface area contributed by atoms with E-state index < -0.39 is 7.12 Å². The minimum absolute atomic E-state index is 0.381. The molecule has 186 valence electrons. The Hall–Kier alpha value is -3.86. The van der Waals surface area contributed by atoms with Crippen LogP contribution in [0.2, 0.25) is 0 Å². The van der Waals surface area contributed by atoms with Crippen LogP contribution in [0.15, 0.2) is 109 Å². The summed E-state index contributed by atoms with van der Waals surface area (Å²) in [6.07, 6.45) is 0. The molecule has 0 unspecified atom stereocenters. The predicted octanol–water partition coefficient (Wildman–Crippen LogP) is 7.90. The Labute approximate surface area is 223 Å². The van der Waals surface area contributed by atoms with Crippen LogP contribution < -0.4 is 5.46 Å². The Bertz CT molecular complexity index is 1820. The molecule has 0 atom stereocenters. The first-order chi connectivity index (χ1) is 18.3. The van der Waals surface area contributed by atoms with Crippen molar-refractivity contribution in [3.63, 3.8) is 0 Å². The highest BCUT2D eigenvalue weighted by Gasteiger charge is 2.52. The maximum absolute atomic E-state index is 6.41. The molecule has 0 amide bonds. The van der Waals surface area contributed by atoms with E-state index in [0.717, 1.165) is 22.3 Å². The molecular weight excluding hydrogens is 465 g/mol. The van der Waals surface area contributed by atoms with Gasteiger partial charge in [0, 0.05) is 21.8 Å². The lowest BCUT2D eigenvalue weighted by molar-refractivity contribution is 0.00578. The van der Waals surface area contributed by atoms with Crippen LogP contribution in [0.5, 0.6) is 0 Å². The van der Waals surface area contributed by atoms with Crippen LogP contribution in [0.3, 0.4) is 0 Å². The fraction of sp³-hybridized carbons (Fsp3) is 0.176. The van der Waals surface area contributed by atoms with Crippen molar-refractivity contribution in [1.29, 1.82) is 0 Å². The van der Waals surface area contributed by atoms with E-state index in [4.69, 9.17) is 9.31 Å². The standard InChI is InChI=1S/C34H30BNO2/c1-33(2)34(3,4)38-35(37-33)30-15-9-7-12-26(30)24-17-20-25(21-18-24)36-31-16-10-8-14-28(31)29-22-19-23-11-5-6-13-27(23)32(29)36/h5-22H,1-4H3. The highest BCUT2D eigenvalue weighted by atomic mass is 16.7. The molecule has 3 nitrogen and oxygen atoms in total. The van der Waals surface area contributed by atoms with Crippen LogP contribution in [0.1, 0.15) is 27.7 Å². The third-order valence-electron chi connectivity index (χ3n) is 8.46. The molecule has 0 N–H and O–H groups in total. The molecule has 0 aliphatic carbocycles. The van der Waals surface area contributed by atoms with Crippen molar-refractivity contribution in [3.05, 3.63) is 109 Å². The zero-order valence-corrected chi connectivity index (χ0v) is 22.2. The van der Waals surface area contributed by atoms with Crippen LogP contribution in [-0.4, -0.2) is 22.9 Å². The van der Waals surface area contributed by atoms with E-state index in [2.05, 4.69) is 141 Å². The van der Waals surface area contributed by atoms with E-state index in [-0.39, 0.29) is 11.2 Å². The summed E-state index contributed by atoms with van der Waals surface area (Å²) in [5.74, 6) is 0. The molecule has 6 aromatic rings. The molecule has 0 bridgehead atoms. The Kier molecular flexibility index (Phi) is 5.10. The second-order valence-corrected chi connectivity index (χ2v) is 11.3. The number of aromatic nitrogens is 1. The van der Waals surface area contributed by atoms with Gasteiger partial charge in [0.05, 0.1) is 22.2 Å². The number of fused-ring (bicyclic) bond motifs is 5. The highest BCUT2D eigenvalue weighted by Crippen LogP contribution is 2.39. The zero-order valence-electron chi connectivity index (χ0n) is 22.2. The Morgan fingerprint density at radius 2 is 1.21 bits per heavy atom. The summed E-state index contributed by atoms with van der Waals surface area (Å²) in [6, 6.07) is 39.1. The largest absolute Gasteiger partial charge is 0.495 e. The van der Waals surface area contributed by atoms with Gasteiger partial charge in [-0.05, 0) is 67.9 Å². The van der Waals surface area contributed by atoms with Gasteiger partial charge < -0.3 is 13.9 Å². The van der Waals surface area contributed by atoms with Crippen molar-refractivity contribution in [1.82, 2.24) is 4.57 Å². The second-order valence-electron chi connectivity index (χ2n) is 11.3. The number of hydrogen-bond acceptors (Lipinski definition) is 2. The molecule has 1 saturated heterocycles. The molecule has 0 radical (unpaired) electrons. The van der Waals surface area contributed by atoms with Gasteiger partial charge in [-0.2, -0.15) is 0 Å². The van der Waals surface area contributed by atoms with Gasteiger partial charge in [0.15, 0.2) is 0 Å². The van der Waals surface area contributed by atoms with Crippen molar-refractivity contribution >= 4 is 45.2 Å². The fourth-order valence-corrected chi connectivity index (χ4v) is 5.72. The van der Waals surface area contributed by atoms with E-state index in [1.54, 1.807) is 0 Å². The van der Waals surface area contributed by atoms with E-state index >= 15 is 0 Å². The van der Waals surface area contributed by atoms with Crippen LogP contribution in [0, 0.1) is 0 Å². The third-order valence-corrected chi connectivity index (χ3v) is 8.46. The highest BCUT2D eigenvalue weighted by molar-refractivity contribution is 6.63. The molecular formula is C34H30BNO2. The fourth-order valence-electron chi connectivity index (χ4n) is 5.72. The third kappa shape index (κ3) is 3.44. The average Bonchev–Trinajstić information content (AvgIpc) is 3.38. The lowest BCUT2D eigenvalue weighted by Crippen LogP contribution is -2.41. The molecule has 0 spiro atoms. The quantitative estimate of drug-likeness (QED) is 0.233. The van der Waals surface area contributed by atoms with E-state index in [1.807, 2.05) is 0 Å². The maximum Gasteiger partial charge on any atom is 0.495 e. The predicted molar refractivity (Wildman–Crippen MR) is 159 cm³/mol. The van der Waals surface area contributed by atoms with Crippen LogP contribution in [-0.2, 0) is 9.31 Å². The lowest BCUT2D eigenvalue weighted by Gasteiger charge is -2.32. The molecule has 7 rings (SSSR count). The molecule has 1 aromatic heterocycles. The van der Waals surface area contributed by atoms with Crippen molar-refractivity contribution in [2.24, 2.45) is 0 Å². The van der Waals surface area contributed by atoms with Gasteiger partial charge in [0.1, 0.15) is 0 Å². The number of para-hydroxylation sites is 1. The summed E-state index contributed by atoms with van der Waals surface area (Å²) in [5, 5.41) is 5.05. The molecule has 38 heavy (non-hydrogen) atoms. The summed E-state index contributed by atoms with van der Waals surface area (Å²) >= 11 is 0. The summed E-state index contributed by atoms with van der Waals surface area (Å²) in [7, 11) is -0.403. The van der Waals surface area contributed by atoms with E-state index in [1.165, 1.54) is 32.6 Å². The van der Waals surface area contributed by atoms with Gasteiger partial charge in [0.25, 0.3) is 0 Å². The summed E-state index contributed by atoms with van der Waals surface area (Å²) in [4.78, 5) is 0. The normalized spacial score (nSPS) is 16.6. The van der Waals surface area contributed by atoms with Crippen molar-refractivity contribution in [2.45, 2.75) is 38.9 Å². The van der Waals surface area contributed by atoms with Crippen molar-refractivity contribution in [3.8, 4) is 16.8 Å². The molecule has 5 aromatic carbocycles. The monoisotopic (exact) mass is 495 g/mol. The number of benzene rings is 5. The SMILES string of the molecule is CC1(C)OB(c2ccccc2-c2ccc(-n3c4ccccc4c4ccc5ccccc5c43)cc2)OC1(C)C. The van der Waals surface area contributed by atoms with Crippen LogP contribution >= 0.6 is 0 Å². The molecule has 2 heterocycles. The van der Waals surface area contributed by atoms with E-state index in [9.17, 15) is 0 Å². The topological polar surface area (TPSA) is 23.4 Å². The van der Waals surface area contributed by atoms with Gasteiger partial charge >= 0.3 is 7.12 Å². The second kappa shape index (κ2) is 8.32. The van der Waals surface area contributed by atoms with Gasteiger partial charge in [0.2, 0.25) is 0 Å². The molecule has 4 heteroatoms. The maximum atomic E-state index is 6.41. The number of hydrogen-bond donors (Lipinski definition) is 0. The van der Waals surface area contributed by atoms with E-state index in [0.29, 0.717) is 0 Å². The smallest absolute Gasteiger partial charge is 0.399 e. The summed E-state index contributed by atoms with van der Waals surface area (Å²) in [6.45, 7) is 8.39. The van der Waals surface area contributed by atoms with Gasteiger partial charge in [-0.1, -0.05) is 91.0 Å². The minimum atomic E-state index is -0.403. The van der Waals surface area contributed by atoms with Gasteiger partial charge in [-0.3, -0.25) is 0 Å².